The van der Waals surface area contributed by atoms with E-state index in [4.69, 9.17) is 10.2 Å². The van der Waals surface area contributed by atoms with Gasteiger partial charge in [0.2, 0.25) is 0 Å². The number of halogens is 1. The minimum atomic E-state index is 0. The molecule has 0 aliphatic carbocycles. The number of aromatic nitrogens is 2. The smallest absolute Gasteiger partial charge is 0.191 e. The van der Waals surface area contributed by atoms with Gasteiger partial charge in [0.1, 0.15) is 0 Å². The minimum Gasteiger partial charge on any atom is -0.498 e. The Bertz CT molecular complexity index is 266. The van der Waals surface area contributed by atoms with E-state index >= 15 is 0 Å². The van der Waals surface area contributed by atoms with Crippen molar-refractivity contribution in [1.29, 1.82) is 0 Å². The lowest BCUT2D eigenvalue weighted by molar-refractivity contribution is 0.489. The van der Waals surface area contributed by atoms with E-state index in [-0.39, 0.29) is 22.5 Å². The van der Waals surface area contributed by atoms with Gasteiger partial charge in [-0.2, -0.15) is 0 Å². The lowest BCUT2D eigenvalue weighted by atomic mass is 10.9. The highest BCUT2D eigenvalue weighted by Gasteiger charge is 1.80. The fourth-order valence-corrected chi connectivity index (χ4v) is 1.12. The van der Waals surface area contributed by atoms with Crippen LogP contribution >= 0.6 is 35.1 Å². The van der Waals surface area contributed by atoms with Crippen LogP contribution in [-0.2, 0) is 0 Å². The third-order valence-electron chi connectivity index (χ3n) is 0.839. The van der Waals surface area contributed by atoms with E-state index in [1.165, 1.54) is 35.1 Å². The first-order valence-corrected chi connectivity index (χ1v) is 4.70. The summed E-state index contributed by atoms with van der Waals surface area (Å²) in [5.74, 6) is 0. The summed E-state index contributed by atoms with van der Waals surface area (Å²) in [4.78, 5) is 7.18. The van der Waals surface area contributed by atoms with Crippen molar-refractivity contribution in [2.45, 2.75) is 0 Å². The maximum Gasteiger partial charge on any atom is 0.191 e. The van der Waals surface area contributed by atoms with Gasteiger partial charge in [-0.1, -0.05) is 22.7 Å². The SMILES string of the molecule is Cl.Oc1cncs1.Oc1cncs1. The molecule has 2 aromatic rings. The topological polar surface area (TPSA) is 66.2 Å². The molecular formula is C6H7ClN2O2S2. The lowest BCUT2D eigenvalue weighted by Gasteiger charge is -1.65. The second-order valence-corrected chi connectivity index (χ2v) is 3.41. The van der Waals surface area contributed by atoms with E-state index in [1.807, 2.05) is 0 Å². The summed E-state index contributed by atoms with van der Waals surface area (Å²) in [7, 11) is 0. The quantitative estimate of drug-likeness (QED) is 0.738. The summed E-state index contributed by atoms with van der Waals surface area (Å²) >= 11 is 2.44. The Hall–Kier alpha value is -0.850. The zero-order chi connectivity index (χ0) is 8.81. The van der Waals surface area contributed by atoms with Crippen LogP contribution in [0.5, 0.6) is 10.1 Å². The van der Waals surface area contributed by atoms with Gasteiger partial charge in [0.05, 0.1) is 23.4 Å². The van der Waals surface area contributed by atoms with Crippen molar-refractivity contribution >= 4 is 35.1 Å². The highest BCUT2D eigenvalue weighted by molar-refractivity contribution is 7.11. The van der Waals surface area contributed by atoms with Crippen LogP contribution in [0, 0.1) is 0 Å². The van der Waals surface area contributed by atoms with E-state index < -0.39 is 0 Å². The Morgan fingerprint density at radius 2 is 1.31 bits per heavy atom. The molecule has 0 aliphatic heterocycles. The van der Waals surface area contributed by atoms with Crippen LogP contribution in [0.1, 0.15) is 0 Å². The zero-order valence-corrected chi connectivity index (χ0v) is 8.77. The van der Waals surface area contributed by atoms with E-state index in [9.17, 15) is 0 Å². The lowest BCUT2D eigenvalue weighted by Crippen LogP contribution is -1.43. The summed E-state index contributed by atoms with van der Waals surface area (Å²) in [6.45, 7) is 0. The molecule has 0 aliphatic rings. The second-order valence-electron chi connectivity index (χ2n) is 1.68. The standard InChI is InChI=1S/2C3H3NOS.ClH/c2*5-3-1-4-2-6-3;/h2*1-2,5H;1H. The number of hydrogen-bond acceptors (Lipinski definition) is 6. The van der Waals surface area contributed by atoms with Crippen molar-refractivity contribution in [3.8, 4) is 10.1 Å². The van der Waals surface area contributed by atoms with Gasteiger partial charge >= 0.3 is 0 Å². The van der Waals surface area contributed by atoms with E-state index in [0.29, 0.717) is 0 Å². The highest BCUT2D eigenvalue weighted by Crippen LogP contribution is 2.11. The molecule has 0 fully saturated rings. The van der Waals surface area contributed by atoms with Gasteiger partial charge in [-0.25, -0.2) is 9.97 Å². The maximum atomic E-state index is 8.43. The van der Waals surface area contributed by atoms with Gasteiger partial charge in [0.15, 0.2) is 10.1 Å². The minimum absolute atomic E-state index is 0. The molecule has 13 heavy (non-hydrogen) atoms. The molecule has 7 heteroatoms. The maximum absolute atomic E-state index is 8.43. The summed E-state index contributed by atoms with van der Waals surface area (Å²) in [6.07, 6.45) is 2.81. The molecule has 0 aromatic carbocycles. The first-order chi connectivity index (χ1) is 5.79. The molecule has 0 unspecified atom stereocenters. The molecule has 0 amide bonds. The highest BCUT2D eigenvalue weighted by atomic mass is 35.5. The molecule has 2 rings (SSSR count). The van der Waals surface area contributed by atoms with E-state index in [2.05, 4.69) is 9.97 Å². The third kappa shape index (κ3) is 5.40. The predicted molar refractivity (Wildman–Crippen MR) is 54.8 cm³/mol. The van der Waals surface area contributed by atoms with Crippen LogP contribution in [-0.4, -0.2) is 20.2 Å². The zero-order valence-electron chi connectivity index (χ0n) is 6.32. The molecule has 4 nitrogen and oxygen atoms in total. The first kappa shape index (κ1) is 12.2. The fraction of sp³-hybridized carbons (Fsp3) is 0. The van der Waals surface area contributed by atoms with Crippen LogP contribution in [0.4, 0.5) is 0 Å². The van der Waals surface area contributed by atoms with Crippen molar-refractivity contribution in [3.63, 3.8) is 0 Å². The van der Waals surface area contributed by atoms with Gasteiger partial charge < -0.3 is 10.2 Å². The average Bonchev–Trinajstić information content (AvgIpc) is 2.63. The second kappa shape index (κ2) is 6.64. The molecule has 2 N–H and O–H groups in total. The van der Waals surface area contributed by atoms with E-state index in [0.717, 1.165) is 0 Å². The van der Waals surface area contributed by atoms with Crippen LogP contribution in [0.3, 0.4) is 0 Å². The van der Waals surface area contributed by atoms with Gasteiger partial charge in [-0.3, -0.25) is 0 Å². The molecule has 2 heterocycles. The van der Waals surface area contributed by atoms with Crippen molar-refractivity contribution in [2.75, 3.05) is 0 Å². The molecule has 72 valence electrons. The molecule has 0 atom stereocenters. The van der Waals surface area contributed by atoms with Crippen LogP contribution in [0.15, 0.2) is 23.4 Å². The number of aromatic hydroxyl groups is 2. The predicted octanol–water partition coefficient (Wildman–Crippen LogP) is 2.12. The summed E-state index contributed by atoms with van der Waals surface area (Å²) in [6, 6.07) is 0. The Morgan fingerprint density at radius 3 is 1.38 bits per heavy atom. The molecule has 0 radical (unpaired) electrons. The van der Waals surface area contributed by atoms with Crippen LogP contribution in [0.2, 0.25) is 0 Å². The average molecular weight is 239 g/mol. The number of thiazole rings is 2. The fourth-order valence-electron chi connectivity index (χ4n) is 0.418. The Labute approximate surface area is 89.0 Å². The molecule has 0 saturated heterocycles. The van der Waals surface area contributed by atoms with E-state index in [1.54, 1.807) is 11.0 Å². The Kier molecular flexibility index (Phi) is 6.21. The van der Waals surface area contributed by atoms with Crippen molar-refractivity contribution in [3.05, 3.63) is 23.4 Å². The van der Waals surface area contributed by atoms with Crippen LogP contribution < -0.4 is 0 Å². The first-order valence-electron chi connectivity index (χ1n) is 2.94. The molecule has 0 saturated carbocycles. The van der Waals surface area contributed by atoms with Gasteiger partial charge in [-0.05, 0) is 0 Å². The number of nitrogens with zero attached hydrogens (tertiary/aromatic N) is 2. The molecule has 0 spiro atoms. The summed E-state index contributed by atoms with van der Waals surface area (Å²) < 4.78 is 0. The van der Waals surface area contributed by atoms with Gasteiger partial charge in [0, 0.05) is 0 Å². The molecule has 2 aromatic heterocycles. The number of rotatable bonds is 0. The molecular weight excluding hydrogens is 232 g/mol. The van der Waals surface area contributed by atoms with Crippen molar-refractivity contribution < 1.29 is 10.2 Å². The Balaban J connectivity index is 0.000000206. The monoisotopic (exact) mass is 238 g/mol. The summed E-state index contributed by atoms with van der Waals surface area (Å²) in [5.41, 5.74) is 3.16. The number of hydrogen-bond donors (Lipinski definition) is 2. The summed E-state index contributed by atoms with van der Waals surface area (Å²) in [5, 5.41) is 17.4. The van der Waals surface area contributed by atoms with Gasteiger partial charge in [-0.15, -0.1) is 12.4 Å². The Morgan fingerprint density at radius 1 is 0.923 bits per heavy atom. The van der Waals surface area contributed by atoms with Crippen molar-refractivity contribution in [1.82, 2.24) is 9.97 Å². The molecule has 0 bridgehead atoms. The normalized spacial score (nSPS) is 8.00. The van der Waals surface area contributed by atoms with Crippen molar-refractivity contribution in [2.24, 2.45) is 0 Å². The largest absolute Gasteiger partial charge is 0.498 e. The third-order valence-corrected chi connectivity index (χ3v) is 1.99. The van der Waals surface area contributed by atoms with Crippen LogP contribution in [0.25, 0.3) is 0 Å². The van der Waals surface area contributed by atoms with Gasteiger partial charge in [0.25, 0.3) is 0 Å².